The van der Waals surface area contributed by atoms with E-state index in [9.17, 15) is 4.79 Å². The van der Waals surface area contributed by atoms with Crippen molar-refractivity contribution < 1.29 is 4.79 Å². The molecule has 0 unspecified atom stereocenters. The molecule has 8 nitrogen and oxygen atoms in total. The summed E-state index contributed by atoms with van der Waals surface area (Å²) >= 11 is 0. The first-order chi connectivity index (χ1) is 12.7. The summed E-state index contributed by atoms with van der Waals surface area (Å²) in [6, 6.07) is 1.17. The molecule has 1 aromatic heterocycles. The Labute approximate surface area is 155 Å². The van der Waals surface area contributed by atoms with Gasteiger partial charge in [0.25, 0.3) is 5.91 Å². The minimum atomic E-state index is 0.0272. The van der Waals surface area contributed by atoms with Crippen LogP contribution in [0, 0.1) is 0 Å². The zero-order valence-corrected chi connectivity index (χ0v) is 15.8. The van der Waals surface area contributed by atoms with Crippen LogP contribution < -0.4 is 5.32 Å². The van der Waals surface area contributed by atoms with Crippen molar-refractivity contribution in [3.8, 4) is 0 Å². The summed E-state index contributed by atoms with van der Waals surface area (Å²) in [5, 5.41) is 11.6. The molecular formula is C18H31N7O. The highest BCUT2D eigenvalue weighted by Crippen LogP contribution is 2.25. The largest absolute Gasteiger partial charge is 0.334 e. The average molecular weight is 361 g/mol. The molecule has 3 aliphatic rings. The summed E-state index contributed by atoms with van der Waals surface area (Å²) in [6.07, 6.45) is 5.72. The molecule has 3 aliphatic heterocycles. The fraction of sp³-hybridized carbons (Fsp3) is 0.833. The monoisotopic (exact) mass is 361 g/mol. The number of amides is 1. The van der Waals surface area contributed by atoms with Crippen LogP contribution in [-0.4, -0.2) is 100 Å². The van der Waals surface area contributed by atoms with Gasteiger partial charge in [-0.2, -0.15) is 0 Å². The van der Waals surface area contributed by atoms with Gasteiger partial charge < -0.3 is 10.2 Å². The topological polar surface area (TPSA) is 69.5 Å². The van der Waals surface area contributed by atoms with Crippen molar-refractivity contribution in [3.63, 3.8) is 0 Å². The second-order valence-corrected chi connectivity index (χ2v) is 7.91. The minimum Gasteiger partial charge on any atom is -0.334 e. The SMILES string of the molecule is C[C@H]1CCCCN1C1CN(C(=O)c2cn(CCN3CCNCC3)nn2)C1. The first-order valence-electron chi connectivity index (χ1n) is 10.1. The van der Waals surface area contributed by atoms with Crippen molar-refractivity contribution >= 4 is 5.91 Å². The normalized spacial score (nSPS) is 26.0. The quantitative estimate of drug-likeness (QED) is 0.789. The Morgan fingerprint density at radius 3 is 2.77 bits per heavy atom. The summed E-state index contributed by atoms with van der Waals surface area (Å²) in [5.41, 5.74) is 0.482. The van der Waals surface area contributed by atoms with E-state index in [0.29, 0.717) is 17.8 Å². The van der Waals surface area contributed by atoms with Crippen molar-refractivity contribution in [1.82, 2.24) is 35.0 Å². The van der Waals surface area contributed by atoms with Gasteiger partial charge in [-0.05, 0) is 26.3 Å². The highest BCUT2D eigenvalue weighted by Gasteiger charge is 2.38. The second kappa shape index (κ2) is 8.02. The number of piperidine rings is 1. The van der Waals surface area contributed by atoms with Crippen LogP contribution in [0.2, 0.25) is 0 Å². The van der Waals surface area contributed by atoms with Crippen LogP contribution in [0.15, 0.2) is 6.20 Å². The van der Waals surface area contributed by atoms with Gasteiger partial charge >= 0.3 is 0 Å². The number of aromatic nitrogens is 3. The summed E-state index contributed by atoms with van der Waals surface area (Å²) in [5.74, 6) is 0.0272. The van der Waals surface area contributed by atoms with E-state index in [1.807, 2.05) is 4.90 Å². The van der Waals surface area contributed by atoms with Crippen molar-refractivity contribution in [2.24, 2.45) is 0 Å². The standard InChI is InChI=1S/C18H31N7O/c1-15-4-2-3-7-25(15)16-12-23(13-16)18(26)17-14-24(21-20-17)11-10-22-8-5-19-6-9-22/h14-16,19H,2-13H2,1H3/t15-/m0/s1. The van der Waals surface area contributed by atoms with Crippen molar-refractivity contribution in [2.45, 2.75) is 44.8 Å². The third-order valence-corrected chi connectivity index (χ3v) is 6.09. The molecule has 0 aliphatic carbocycles. The predicted octanol–water partition coefficient (Wildman–Crippen LogP) is -0.118. The maximum Gasteiger partial charge on any atom is 0.276 e. The van der Waals surface area contributed by atoms with Crippen molar-refractivity contribution in [2.75, 3.05) is 52.4 Å². The molecule has 1 amide bonds. The third kappa shape index (κ3) is 3.92. The lowest BCUT2D eigenvalue weighted by Crippen LogP contribution is -2.63. The summed E-state index contributed by atoms with van der Waals surface area (Å²) in [4.78, 5) is 19.5. The van der Waals surface area contributed by atoms with Gasteiger partial charge in [0.15, 0.2) is 5.69 Å². The van der Waals surface area contributed by atoms with Gasteiger partial charge in [0.05, 0.1) is 12.7 Å². The summed E-state index contributed by atoms with van der Waals surface area (Å²) in [6.45, 7) is 11.1. The molecule has 0 bridgehead atoms. The van der Waals surface area contributed by atoms with Crippen LogP contribution in [0.25, 0.3) is 0 Å². The maximum absolute atomic E-state index is 12.6. The molecule has 3 fully saturated rings. The van der Waals surface area contributed by atoms with E-state index in [1.54, 1.807) is 10.9 Å². The highest BCUT2D eigenvalue weighted by molar-refractivity contribution is 5.92. The smallest absolute Gasteiger partial charge is 0.276 e. The Kier molecular flexibility index (Phi) is 5.52. The van der Waals surface area contributed by atoms with Crippen LogP contribution >= 0.6 is 0 Å². The number of carbonyl (C=O) groups excluding carboxylic acids is 1. The molecule has 26 heavy (non-hydrogen) atoms. The van der Waals surface area contributed by atoms with Gasteiger partial charge in [-0.15, -0.1) is 5.10 Å². The number of likely N-dealkylation sites (tertiary alicyclic amines) is 2. The van der Waals surface area contributed by atoms with Gasteiger partial charge in [-0.1, -0.05) is 11.6 Å². The van der Waals surface area contributed by atoms with Crippen LogP contribution in [-0.2, 0) is 6.54 Å². The highest BCUT2D eigenvalue weighted by atomic mass is 16.2. The maximum atomic E-state index is 12.6. The Balaban J connectivity index is 1.25. The molecule has 8 heteroatoms. The first kappa shape index (κ1) is 17.9. The van der Waals surface area contributed by atoms with E-state index in [1.165, 1.54) is 25.8 Å². The molecule has 0 saturated carbocycles. The molecule has 144 valence electrons. The Morgan fingerprint density at radius 2 is 2.00 bits per heavy atom. The van der Waals surface area contributed by atoms with E-state index in [-0.39, 0.29) is 5.91 Å². The number of nitrogens with zero attached hydrogens (tertiary/aromatic N) is 6. The Hall–Kier alpha value is -1.51. The van der Waals surface area contributed by atoms with E-state index in [0.717, 1.165) is 52.4 Å². The fourth-order valence-electron chi connectivity index (χ4n) is 4.34. The molecule has 4 rings (SSSR count). The fourth-order valence-corrected chi connectivity index (χ4v) is 4.34. The summed E-state index contributed by atoms with van der Waals surface area (Å²) < 4.78 is 1.80. The molecule has 0 radical (unpaired) electrons. The molecule has 1 N–H and O–H groups in total. The number of piperazine rings is 1. The number of nitrogens with one attached hydrogen (secondary N) is 1. The van der Waals surface area contributed by atoms with Crippen molar-refractivity contribution in [3.05, 3.63) is 11.9 Å². The number of carbonyl (C=O) groups is 1. The van der Waals surface area contributed by atoms with E-state index < -0.39 is 0 Å². The Bertz CT molecular complexity index is 606. The van der Waals surface area contributed by atoms with E-state index in [2.05, 4.69) is 32.4 Å². The van der Waals surface area contributed by atoms with Crippen LogP contribution in [0.5, 0.6) is 0 Å². The van der Waals surface area contributed by atoms with Gasteiger partial charge in [0.2, 0.25) is 0 Å². The number of hydrogen-bond donors (Lipinski definition) is 1. The van der Waals surface area contributed by atoms with Gasteiger partial charge in [-0.3, -0.25) is 19.3 Å². The number of rotatable bonds is 5. The zero-order chi connectivity index (χ0) is 17.9. The Morgan fingerprint density at radius 1 is 1.19 bits per heavy atom. The first-order valence-corrected chi connectivity index (χ1v) is 10.1. The van der Waals surface area contributed by atoms with E-state index >= 15 is 0 Å². The second-order valence-electron chi connectivity index (χ2n) is 7.91. The predicted molar refractivity (Wildman–Crippen MR) is 99.0 cm³/mol. The van der Waals surface area contributed by atoms with Gasteiger partial charge in [0.1, 0.15) is 0 Å². The van der Waals surface area contributed by atoms with Gasteiger partial charge in [0, 0.05) is 57.9 Å². The summed E-state index contributed by atoms with van der Waals surface area (Å²) in [7, 11) is 0. The van der Waals surface area contributed by atoms with Crippen LogP contribution in [0.4, 0.5) is 0 Å². The molecule has 1 aromatic rings. The molecule has 1 atom stereocenters. The molecule has 3 saturated heterocycles. The molecule has 0 aromatic carbocycles. The van der Waals surface area contributed by atoms with E-state index in [4.69, 9.17) is 0 Å². The molecular weight excluding hydrogens is 330 g/mol. The van der Waals surface area contributed by atoms with Crippen LogP contribution in [0.1, 0.15) is 36.7 Å². The van der Waals surface area contributed by atoms with Crippen molar-refractivity contribution in [1.29, 1.82) is 0 Å². The van der Waals surface area contributed by atoms with Gasteiger partial charge in [-0.25, -0.2) is 0 Å². The lowest BCUT2D eigenvalue weighted by molar-refractivity contribution is 0.00180. The zero-order valence-electron chi connectivity index (χ0n) is 15.8. The number of hydrogen-bond acceptors (Lipinski definition) is 6. The third-order valence-electron chi connectivity index (χ3n) is 6.09. The van der Waals surface area contributed by atoms with Crippen LogP contribution in [0.3, 0.4) is 0 Å². The average Bonchev–Trinajstić information content (AvgIpc) is 3.10. The lowest BCUT2D eigenvalue weighted by atomic mass is 9.97. The minimum absolute atomic E-state index is 0.0272. The lowest BCUT2D eigenvalue weighted by Gasteiger charge is -2.49. The molecule has 4 heterocycles. The molecule has 0 spiro atoms.